The molecule has 0 radical (unpaired) electrons. The third kappa shape index (κ3) is 4.87. The number of carbonyl (C=O) groups excluding carboxylic acids is 1. The van der Waals surface area contributed by atoms with E-state index in [9.17, 15) is 13.6 Å². The van der Waals surface area contributed by atoms with Crippen LogP contribution in [0.5, 0.6) is 5.75 Å². The number of methoxy groups -OCH3 is 1. The van der Waals surface area contributed by atoms with E-state index in [-0.39, 0.29) is 5.95 Å². The minimum Gasteiger partial charge on any atom is -0.497 e. The van der Waals surface area contributed by atoms with Gasteiger partial charge in [-0.15, -0.1) is 0 Å². The lowest BCUT2D eigenvalue weighted by Crippen LogP contribution is -2.18. The highest BCUT2D eigenvalue weighted by Gasteiger charge is 2.20. The van der Waals surface area contributed by atoms with Crippen LogP contribution in [0.25, 0.3) is 11.1 Å². The van der Waals surface area contributed by atoms with Gasteiger partial charge >= 0.3 is 0 Å². The standard InChI is InChI=1S/C22H19F2N3O2.C2H6/c1-29-14-9-10-15-13(11-14)5-2-3-8-19-16(15)12-25-22(26-19)27-21(28)20-17(23)6-4-7-18(20)24;1-2/h4,6-7,9-12H,2-3,5,8H2,1H3,(H,25,26,27,28);1-2H3. The zero-order chi connectivity index (χ0) is 22.4. The van der Waals surface area contributed by atoms with Crippen LogP contribution in [0.1, 0.15) is 48.3 Å². The summed E-state index contributed by atoms with van der Waals surface area (Å²) in [6.07, 6.45) is 5.21. The number of anilines is 1. The molecule has 0 unspecified atom stereocenters. The van der Waals surface area contributed by atoms with Crippen molar-refractivity contribution in [3.8, 4) is 16.9 Å². The summed E-state index contributed by atoms with van der Waals surface area (Å²) in [4.78, 5) is 21.0. The number of aryl methyl sites for hydroxylation is 2. The van der Waals surface area contributed by atoms with E-state index in [4.69, 9.17) is 4.74 Å². The number of carbonyl (C=O) groups is 1. The SMILES string of the molecule is CC.COc1ccc2c(c1)CCCCc1nc(NC(=O)c3c(F)cccc3F)ncc1-2. The number of hydrogen-bond donors (Lipinski definition) is 1. The van der Waals surface area contributed by atoms with E-state index in [0.29, 0.717) is 0 Å². The zero-order valence-corrected chi connectivity index (χ0v) is 17.8. The first-order valence-electron chi connectivity index (χ1n) is 10.4. The predicted molar refractivity (Wildman–Crippen MR) is 116 cm³/mol. The van der Waals surface area contributed by atoms with Crippen molar-refractivity contribution in [2.45, 2.75) is 39.5 Å². The van der Waals surface area contributed by atoms with Gasteiger partial charge in [-0.25, -0.2) is 18.7 Å². The van der Waals surface area contributed by atoms with Crippen LogP contribution in [-0.4, -0.2) is 23.0 Å². The minimum absolute atomic E-state index is 0.0204. The average Bonchev–Trinajstić information content (AvgIpc) is 2.76. The molecule has 1 heterocycles. The molecule has 1 N–H and O–H groups in total. The van der Waals surface area contributed by atoms with E-state index in [2.05, 4.69) is 15.3 Å². The maximum absolute atomic E-state index is 13.9. The number of nitrogens with zero attached hydrogens (tertiary/aromatic N) is 2. The predicted octanol–water partition coefficient (Wildman–Crippen LogP) is 5.59. The maximum Gasteiger partial charge on any atom is 0.263 e. The average molecular weight is 425 g/mol. The molecule has 0 saturated heterocycles. The van der Waals surface area contributed by atoms with Crippen molar-refractivity contribution in [1.82, 2.24) is 9.97 Å². The molecule has 4 rings (SSSR count). The molecule has 1 aliphatic rings. The lowest BCUT2D eigenvalue weighted by atomic mass is 9.91. The van der Waals surface area contributed by atoms with Gasteiger partial charge in [-0.2, -0.15) is 0 Å². The highest BCUT2D eigenvalue weighted by atomic mass is 19.1. The summed E-state index contributed by atoms with van der Waals surface area (Å²) in [5.74, 6) is -1.97. The van der Waals surface area contributed by atoms with Gasteiger partial charge in [0.05, 0.1) is 12.8 Å². The number of aromatic nitrogens is 2. The van der Waals surface area contributed by atoms with Crippen molar-refractivity contribution in [3.05, 3.63) is 71.1 Å². The fourth-order valence-corrected chi connectivity index (χ4v) is 3.55. The van der Waals surface area contributed by atoms with Gasteiger partial charge in [0, 0.05) is 11.8 Å². The summed E-state index contributed by atoms with van der Waals surface area (Å²) >= 11 is 0. The second-order valence-electron chi connectivity index (χ2n) is 6.83. The van der Waals surface area contributed by atoms with Gasteiger partial charge in [0.25, 0.3) is 5.91 Å². The molecular formula is C24H25F2N3O2. The van der Waals surface area contributed by atoms with E-state index in [1.165, 1.54) is 6.07 Å². The molecule has 0 saturated carbocycles. The van der Waals surface area contributed by atoms with E-state index >= 15 is 0 Å². The Morgan fingerprint density at radius 2 is 1.74 bits per heavy atom. The van der Waals surface area contributed by atoms with Crippen LogP contribution < -0.4 is 10.1 Å². The number of benzene rings is 2. The number of ether oxygens (including phenoxy) is 1. The van der Waals surface area contributed by atoms with Crippen LogP contribution in [0.4, 0.5) is 14.7 Å². The third-order valence-electron chi connectivity index (χ3n) is 5.00. The first kappa shape index (κ1) is 22.3. The molecule has 0 aliphatic heterocycles. The number of amides is 1. The summed E-state index contributed by atoms with van der Waals surface area (Å²) in [5, 5.41) is 2.41. The lowest BCUT2D eigenvalue weighted by molar-refractivity contribution is 0.101. The van der Waals surface area contributed by atoms with Crippen molar-refractivity contribution in [2.75, 3.05) is 12.4 Å². The molecule has 0 fully saturated rings. The monoisotopic (exact) mass is 425 g/mol. The van der Waals surface area contributed by atoms with E-state index in [1.54, 1.807) is 13.3 Å². The molecule has 162 valence electrons. The highest BCUT2D eigenvalue weighted by Crippen LogP contribution is 2.33. The summed E-state index contributed by atoms with van der Waals surface area (Å²) in [5.41, 5.74) is 3.20. The van der Waals surface area contributed by atoms with Gasteiger partial charge in [0.2, 0.25) is 5.95 Å². The van der Waals surface area contributed by atoms with E-state index < -0.39 is 23.1 Å². The number of hydrogen-bond acceptors (Lipinski definition) is 4. The zero-order valence-electron chi connectivity index (χ0n) is 17.8. The molecule has 3 aromatic rings. The van der Waals surface area contributed by atoms with Crippen LogP contribution in [0, 0.1) is 11.6 Å². The second kappa shape index (κ2) is 10.1. The van der Waals surface area contributed by atoms with Crippen molar-refractivity contribution in [3.63, 3.8) is 0 Å². The summed E-state index contributed by atoms with van der Waals surface area (Å²) in [7, 11) is 1.63. The Bertz CT molecular complexity index is 1070. The van der Waals surface area contributed by atoms with Gasteiger partial charge in [-0.05, 0) is 61.1 Å². The van der Waals surface area contributed by atoms with Crippen LogP contribution >= 0.6 is 0 Å². The normalized spacial score (nSPS) is 12.3. The molecule has 1 amide bonds. The van der Waals surface area contributed by atoms with Crippen molar-refractivity contribution in [2.24, 2.45) is 0 Å². The Kier molecular flexibility index (Phi) is 7.28. The molecule has 0 spiro atoms. The van der Waals surface area contributed by atoms with Crippen LogP contribution in [-0.2, 0) is 12.8 Å². The van der Waals surface area contributed by atoms with Crippen molar-refractivity contribution < 1.29 is 18.3 Å². The van der Waals surface area contributed by atoms with E-state index in [0.717, 1.165) is 65.9 Å². The molecule has 7 heteroatoms. The highest BCUT2D eigenvalue weighted by molar-refractivity contribution is 6.03. The van der Waals surface area contributed by atoms with E-state index in [1.807, 2.05) is 32.0 Å². The molecule has 0 bridgehead atoms. The number of nitrogens with one attached hydrogen (secondary N) is 1. The van der Waals surface area contributed by atoms with Gasteiger partial charge in [-0.1, -0.05) is 26.0 Å². The molecular weight excluding hydrogens is 400 g/mol. The van der Waals surface area contributed by atoms with Crippen molar-refractivity contribution >= 4 is 11.9 Å². The Morgan fingerprint density at radius 1 is 1.03 bits per heavy atom. The van der Waals surface area contributed by atoms with Crippen LogP contribution in [0.3, 0.4) is 0 Å². The second-order valence-corrected chi connectivity index (χ2v) is 6.83. The van der Waals surface area contributed by atoms with Gasteiger partial charge in [0.15, 0.2) is 0 Å². The quantitative estimate of drug-likeness (QED) is 0.594. The fourth-order valence-electron chi connectivity index (χ4n) is 3.55. The Balaban J connectivity index is 0.00000132. The Hall–Kier alpha value is -3.35. The minimum atomic E-state index is -0.934. The number of rotatable bonds is 3. The smallest absolute Gasteiger partial charge is 0.263 e. The molecule has 1 aliphatic carbocycles. The van der Waals surface area contributed by atoms with Crippen LogP contribution in [0.2, 0.25) is 0 Å². The molecule has 2 aromatic carbocycles. The van der Waals surface area contributed by atoms with Gasteiger partial charge < -0.3 is 4.74 Å². The molecule has 0 atom stereocenters. The fraction of sp³-hybridized carbons (Fsp3) is 0.292. The molecule has 31 heavy (non-hydrogen) atoms. The lowest BCUT2D eigenvalue weighted by Gasteiger charge is -2.18. The number of fused-ring (bicyclic) bond motifs is 3. The van der Waals surface area contributed by atoms with Gasteiger partial charge in [-0.3, -0.25) is 10.1 Å². The third-order valence-corrected chi connectivity index (χ3v) is 5.00. The largest absolute Gasteiger partial charge is 0.497 e. The Labute approximate surface area is 180 Å². The number of halogens is 2. The Morgan fingerprint density at radius 3 is 2.45 bits per heavy atom. The summed E-state index contributed by atoms with van der Waals surface area (Å²) in [6.45, 7) is 4.00. The topological polar surface area (TPSA) is 64.1 Å². The van der Waals surface area contributed by atoms with Crippen molar-refractivity contribution in [1.29, 1.82) is 0 Å². The van der Waals surface area contributed by atoms with Gasteiger partial charge in [0.1, 0.15) is 22.9 Å². The molecule has 1 aromatic heterocycles. The first-order valence-corrected chi connectivity index (χ1v) is 10.4. The summed E-state index contributed by atoms with van der Waals surface area (Å²) in [6, 6.07) is 9.15. The van der Waals surface area contributed by atoms with Crippen LogP contribution in [0.15, 0.2) is 42.6 Å². The first-order chi connectivity index (χ1) is 15.1. The summed E-state index contributed by atoms with van der Waals surface area (Å²) < 4.78 is 33.0. The molecule has 5 nitrogen and oxygen atoms in total. The maximum atomic E-state index is 13.9.